The Bertz CT molecular complexity index is 598. The summed E-state index contributed by atoms with van der Waals surface area (Å²) in [5.74, 6) is 0. The van der Waals surface area contributed by atoms with Crippen LogP contribution in [-0.4, -0.2) is 27.2 Å². The molecule has 0 aliphatic rings. The maximum atomic E-state index is 11.3. The van der Waals surface area contributed by atoms with E-state index in [1.165, 1.54) is 16.0 Å². The van der Waals surface area contributed by atoms with Gasteiger partial charge in [-0.3, -0.25) is 0 Å². The number of hydrogen-bond donors (Lipinski definition) is 0. The zero-order valence-corrected chi connectivity index (χ0v) is 12.7. The third-order valence-corrected chi connectivity index (χ3v) is 5.81. The minimum absolute atomic E-state index is 0.137. The summed E-state index contributed by atoms with van der Waals surface area (Å²) in [5, 5.41) is 0. The van der Waals surface area contributed by atoms with Gasteiger partial charge < -0.3 is 0 Å². The first kappa shape index (κ1) is 13.3. The van der Waals surface area contributed by atoms with Gasteiger partial charge in [-0.15, -0.1) is 0 Å². The quantitative estimate of drug-likeness (QED) is 0.796. The van der Waals surface area contributed by atoms with E-state index in [0.29, 0.717) is 6.61 Å². The van der Waals surface area contributed by atoms with E-state index in [4.69, 9.17) is 4.74 Å². The summed E-state index contributed by atoms with van der Waals surface area (Å²) in [7, 11) is 0. The zero-order valence-electron chi connectivity index (χ0n) is 10.2. The van der Waals surface area contributed by atoms with Gasteiger partial charge in [0.25, 0.3) is 0 Å². The van der Waals surface area contributed by atoms with Gasteiger partial charge in [0.15, 0.2) is 0 Å². The van der Waals surface area contributed by atoms with Crippen LogP contribution in [0.25, 0.3) is 10.4 Å². The maximum absolute atomic E-state index is 11.3. The molecule has 0 unspecified atom stereocenters. The topological polar surface area (TPSA) is 38.7 Å². The number of rotatable bonds is 2. The molecule has 1 amide bonds. The van der Waals surface area contributed by atoms with Crippen molar-refractivity contribution >= 4 is 31.9 Å². The average Bonchev–Trinajstić information content (AvgIpc) is 2.78. The Morgan fingerprint density at radius 2 is 2.11 bits per heavy atom. The third-order valence-electron chi connectivity index (χ3n) is 2.25. The summed E-state index contributed by atoms with van der Waals surface area (Å²) in [6, 6.07) is 8.36. The van der Waals surface area contributed by atoms with Crippen molar-refractivity contribution in [3.63, 3.8) is 0 Å². The van der Waals surface area contributed by atoms with Gasteiger partial charge in [0.05, 0.1) is 0 Å². The van der Waals surface area contributed by atoms with Crippen LogP contribution in [0.5, 0.6) is 0 Å². The van der Waals surface area contributed by atoms with Gasteiger partial charge in [0.1, 0.15) is 0 Å². The molecule has 1 aromatic heterocycles. The number of nitrogens with zero attached hydrogens (tertiary/aromatic N) is 1. The van der Waals surface area contributed by atoms with E-state index in [2.05, 4.69) is 41.1 Å². The van der Waals surface area contributed by atoms with E-state index in [1.807, 2.05) is 0 Å². The second-order valence-electron chi connectivity index (χ2n) is 3.64. The minimum atomic E-state index is -0.486. The number of ether oxygens (including phenoxy) is 1. The number of aryl methyl sites for hydroxylation is 1. The van der Waals surface area contributed by atoms with Crippen LogP contribution >= 0.6 is 11.3 Å². The first-order valence-electron chi connectivity index (χ1n) is 5.56. The fraction of sp³-hybridized carbons (Fsp3) is 0.231. The van der Waals surface area contributed by atoms with Crippen molar-refractivity contribution in [2.75, 3.05) is 6.61 Å². The van der Waals surface area contributed by atoms with Gasteiger partial charge >= 0.3 is 116 Å². The number of carbonyl (C=O) groups is 1. The van der Waals surface area contributed by atoms with Crippen molar-refractivity contribution < 1.29 is 9.53 Å². The van der Waals surface area contributed by atoms with Gasteiger partial charge in [-0.2, -0.15) is 0 Å². The Balaban J connectivity index is 2.25. The van der Waals surface area contributed by atoms with Gasteiger partial charge in [-0.25, -0.2) is 0 Å². The molecule has 0 saturated carbocycles. The van der Waals surface area contributed by atoms with Crippen LogP contribution < -0.4 is 3.54 Å². The summed E-state index contributed by atoms with van der Waals surface area (Å²) < 4.78 is 5.67. The summed E-state index contributed by atoms with van der Waals surface area (Å²) in [5.41, 5.74) is 2.43. The fourth-order valence-electron chi connectivity index (χ4n) is 1.37. The predicted molar refractivity (Wildman–Crippen MR) is 74.0 cm³/mol. The van der Waals surface area contributed by atoms with Crippen LogP contribution in [-0.2, 0) is 4.74 Å². The third kappa shape index (κ3) is 3.42. The van der Waals surface area contributed by atoms with Gasteiger partial charge in [-0.1, -0.05) is 0 Å². The second kappa shape index (κ2) is 6.14. The molecule has 2 rings (SSSR count). The SMILES string of the molecule is CCOC(=O)N=c1sc(-c2ccc(C)cc2)c[se]1. The van der Waals surface area contributed by atoms with E-state index in [1.54, 1.807) is 18.3 Å². The Labute approximate surface area is 116 Å². The van der Waals surface area contributed by atoms with Crippen LogP contribution in [0.2, 0.25) is 0 Å². The van der Waals surface area contributed by atoms with E-state index < -0.39 is 6.09 Å². The van der Waals surface area contributed by atoms with Crippen LogP contribution in [0.1, 0.15) is 12.5 Å². The molecule has 94 valence electrons. The molecule has 0 fully saturated rings. The second-order valence-corrected chi connectivity index (χ2v) is 7.06. The Kier molecular flexibility index (Phi) is 4.53. The molecule has 0 bridgehead atoms. The number of carbonyl (C=O) groups excluding carboxylic acids is 1. The van der Waals surface area contributed by atoms with Crippen LogP contribution in [0.15, 0.2) is 34.2 Å². The standard InChI is InChI=1S/C13H13NO2SSe/c1-3-16-12(15)14-13-17-11(8-18-13)10-6-4-9(2)5-7-10/h4-8H,3H2,1-2H3. The van der Waals surface area contributed by atoms with Crippen molar-refractivity contribution in [1.82, 2.24) is 0 Å². The Morgan fingerprint density at radius 3 is 2.78 bits per heavy atom. The Hall–Kier alpha value is -1.16. The van der Waals surface area contributed by atoms with Crippen molar-refractivity contribution in [1.29, 1.82) is 0 Å². The van der Waals surface area contributed by atoms with Crippen LogP contribution in [0.3, 0.4) is 0 Å². The monoisotopic (exact) mass is 327 g/mol. The van der Waals surface area contributed by atoms with Crippen LogP contribution in [0.4, 0.5) is 4.79 Å². The van der Waals surface area contributed by atoms with Crippen molar-refractivity contribution in [2.45, 2.75) is 13.8 Å². The van der Waals surface area contributed by atoms with E-state index >= 15 is 0 Å². The number of benzene rings is 1. The molecule has 2 aromatic rings. The van der Waals surface area contributed by atoms with E-state index in [0.717, 1.165) is 3.54 Å². The van der Waals surface area contributed by atoms with Gasteiger partial charge in [0, 0.05) is 0 Å². The Morgan fingerprint density at radius 1 is 1.39 bits per heavy atom. The summed E-state index contributed by atoms with van der Waals surface area (Å²) in [6.45, 7) is 4.21. The summed E-state index contributed by atoms with van der Waals surface area (Å²) >= 11 is 1.70. The molecule has 0 N–H and O–H groups in total. The average molecular weight is 326 g/mol. The van der Waals surface area contributed by atoms with Crippen LogP contribution in [0, 0.1) is 6.92 Å². The molecular formula is C13H13NO2SSe. The molecule has 1 heterocycles. The van der Waals surface area contributed by atoms with Crippen molar-refractivity contribution in [3.05, 3.63) is 38.3 Å². The molecular weight excluding hydrogens is 313 g/mol. The molecule has 0 aliphatic carbocycles. The molecule has 18 heavy (non-hydrogen) atoms. The van der Waals surface area contributed by atoms with Gasteiger partial charge in [0.2, 0.25) is 0 Å². The first-order chi connectivity index (χ1) is 8.69. The zero-order chi connectivity index (χ0) is 13.0. The van der Waals surface area contributed by atoms with Crippen molar-refractivity contribution in [3.8, 4) is 10.4 Å². The van der Waals surface area contributed by atoms with Crippen molar-refractivity contribution in [2.24, 2.45) is 4.99 Å². The molecule has 0 radical (unpaired) electrons. The molecule has 5 heteroatoms. The molecule has 0 atom stereocenters. The van der Waals surface area contributed by atoms with E-state index in [-0.39, 0.29) is 14.5 Å². The number of amides is 1. The molecule has 3 nitrogen and oxygen atoms in total. The van der Waals surface area contributed by atoms with Gasteiger partial charge in [-0.05, 0) is 0 Å². The van der Waals surface area contributed by atoms with E-state index in [9.17, 15) is 4.79 Å². The summed E-state index contributed by atoms with van der Waals surface area (Å²) in [6.07, 6.45) is -0.486. The predicted octanol–water partition coefficient (Wildman–Crippen LogP) is 2.84. The first-order valence-corrected chi connectivity index (χ1v) is 8.22. The molecule has 0 aliphatic heterocycles. The fourth-order valence-corrected chi connectivity index (χ4v) is 4.69. The molecule has 0 spiro atoms. The molecule has 1 aromatic carbocycles. The molecule has 0 saturated heterocycles. The summed E-state index contributed by atoms with van der Waals surface area (Å²) in [4.78, 5) is 18.5. The normalized spacial score (nSPS) is 11.6. The number of hydrogen-bond acceptors (Lipinski definition) is 3.